The third-order valence-corrected chi connectivity index (χ3v) is 3.80. The third-order valence-electron chi connectivity index (χ3n) is 3.80. The van der Waals surface area contributed by atoms with Crippen LogP contribution in [0.15, 0.2) is 30.3 Å². The molecule has 2 nitrogen and oxygen atoms in total. The molecule has 88 valence electrons. The second kappa shape index (κ2) is 5.46. The normalized spacial score (nSPS) is 27.6. The van der Waals surface area contributed by atoms with Gasteiger partial charge in [-0.1, -0.05) is 30.3 Å². The van der Waals surface area contributed by atoms with Crippen molar-refractivity contribution in [3.05, 3.63) is 35.9 Å². The Balaban J connectivity index is 2.16. The predicted octanol–water partition coefficient (Wildman–Crippen LogP) is 2.07. The standard InChI is InChI=1S/C14H22N2/c1-16-9-7-13(11-15)14(8-10-16)12-5-3-2-4-6-12/h2-6,13-14H,7-11,15H2,1H3. The molecule has 1 saturated heterocycles. The van der Waals surface area contributed by atoms with Crippen molar-refractivity contribution in [3.63, 3.8) is 0 Å². The topological polar surface area (TPSA) is 29.3 Å². The minimum Gasteiger partial charge on any atom is -0.330 e. The van der Waals surface area contributed by atoms with Crippen LogP contribution in [0.1, 0.15) is 24.3 Å². The summed E-state index contributed by atoms with van der Waals surface area (Å²) in [7, 11) is 2.21. The molecule has 0 amide bonds. The molecular weight excluding hydrogens is 196 g/mol. The largest absolute Gasteiger partial charge is 0.330 e. The van der Waals surface area contributed by atoms with E-state index in [2.05, 4.69) is 42.3 Å². The van der Waals surface area contributed by atoms with E-state index < -0.39 is 0 Å². The van der Waals surface area contributed by atoms with E-state index in [1.54, 1.807) is 0 Å². The Labute approximate surface area is 98.4 Å². The minimum atomic E-state index is 0.646. The van der Waals surface area contributed by atoms with Crippen molar-refractivity contribution in [2.75, 3.05) is 26.7 Å². The van der Waals surface area contributed by atoms with Crippen LogP contribution in [-0.2, 0) is 0 Å². The van der Waals surface area contributed by atoms with Crippen LogP contribution in [0.3, 0.4) is 0 Å². The van der Waals surface area contributed by atoms with Gasteiger partial charge in [-0.15, -0.1) is 0 Å². The van der Waals surface area contributed by atoms with Gasteiger partial charge in [-0.2, -0.15) is 0 Å². The summed E-state index contributed by atoms with van der Waals surface area (Å²) in [6.07, 6.45) is 2.47. The summed E-state index contributed by atoms with van der Waals surface area (Å²) in [5.41, 5.74) is 7.39. The van der Waals surface area contributed by atoms with E-state index >= 15 is 0 Å². The van der Waals surface area contributed by atoms with Crippen LogP contribution >= 0.6 is 0 Å². The molecule has 2 heteroatoms. The third kappa shape index (κ3) is 2.63. The van der Waals surface area contributed by atoms with Gasteiger partial charge in [0.1, 0.15) is 0 Å². The molecule has 2 rings (SSSR count). The first kappa shape index (κ1) is 11.6. The average Bonchev–Trinajstić information content (AvgIpc) is 2.52. The van der Waals surface area contributed by atoms with Crippen molar-refractivity contribution in [1.29, 1.82) is 0 Å². The minimum absolute atomic E-state index is 0.646. The van der Waals surface area contributed by atoms with Crippen LogP contribution in [0.2, 0.25) is 0 Å². The van der Waals surface area contributed by atoms with E-state index in [1.165, 1.54) is 31.5 Å². The molecule has 2 atom stereocenters. The van der Waals surface area contributed by atoms with Gasteiger partial charge in [-0.3, -0.25) is 0 Å². The Bertz CT molecular complexity index is 310. The Morgan fingerprint density at radius 1 is 1.19 bits per heavy atom. The number of hydrogen-bond acceptors (Lipinski definition) is 2. The van der Waals surface area contributed by atoms with Gasteiger partial charge >= 0.3 is 0 Å². The second-order valence-corrected chi connectivity index (χ2v) is 4.89. The molecular formula is C14H22N2. The zero-order valence-electron chi connectivity index (χ0n) is 10.1. The molecule has 0 bridgehead atoms. The van der Waals surface area contributed by atoms with Crippen LogP contribution < -0.4 is 5.73 Å². The van der Waals surface area contributed by atoms with Crippen molar-refractivity contribution in [1.82, 2.24) is 4.90 Å². The van der Waals surface area contributed by atoms with Crippen molar-refractivity contribution < 1.29 is 0 Å². The SMILES string of the molecule is CN1CCC(CN)C(c2ccccc2)CC1. The lowest BCUT2D eigenvalue weighted by Gasteiger charge is -2.23. The monoisotopic (exact) mass is 218 g/mol. The summed E-state index contributed by atoms with van der Waals surface area (Å²) < 4.78 is 0. The molecule has 2 unspecified atom stereocenters. The molecule has 1 aromatic carbocycles. The van der Waals surface area contributed by atoms with Crippen molar-refractivity contribution >= 4 is 0 Å². The molecule has 0 saturated carbocycles. The van der Waals surface area contributed by atoms with E-state index in [4.69, 9.17) is 5.73 Å². The number of benzene rings is 1. The van der Waals surface area contributed by atoms with Crippen LogP contribution in [0, 0.1) is 5.92 Å². The van der Waals surface area contributed by atoms with E-state index in [-0.39, 0.29) is 0 Å². The van der Waals surface area contributed by atoms with Crippen molar-refractivity contribution in [2.45, 2.75) is 18.8 Å². The van der Waals surface area contributed by atoms with E-state index in [1.807, 2.05) is 0 Å². The molecule has 1 aliphatic rings. The van der Waals surface area contributed by atoms with Crippen LogP contribution in [0.5, 0.6) is 0 Å². The highest BCUT2D eigenvalue weighted by molar-refractivity contribution is 5.20. The van der Waals surface area contributed by atoms with Crippen LogP contribution in [0.25, 0.3) is 0 Å². The molecule has 1 fully saturated rings. The van der Waals surface area contributed by atoms with Crippen LogP contribution in [-0.4, -0.2) is 31.6 Å². The maximum Gasteiger partial charge on any atom is -0.00158 e. The summed E-state index contributed by atoms with van der Waals surface area (Å²) in [4.78, 5) is 2.42. The predicted molar refractivity (Wildman–Crippen MR) is 68.5 cm³/mol. The molecule has 16 heavy (non-hydrogen) atoms. The van der Waals surface area contributed by atoms with E-state index in [0.717, 1.165) is 6.54 Å². The first-order valence-corrected chi connectivity index (χ1v) is 6.25. The van der Waals surface area contributed by atoms with E-state index in [9.17, 15) is 0 Å². The van der Waals surface area contributed by atoms with Gasteiger partial charge in [0.25, 0.3) is 0 Å². The first-order valence-electron chi connectivity index (χ1n) is 6.25. The van der Waals surface area contributed by atoms with Crippen molar-refractivity contribution in [2.24, 2.45) is 11.7 Å². The summed E-state index contributed by atoms with van der Waals surface area (Å²) >= 11 is 0. The Morgan fingerprint density at radius 3 is 2.56 bits per heavy atom. The van der Waals surface area contributed by atoms with Gasteiger partial charge < -0.3 is 10.6 Å². The van der Waals surface area contributed by atoms with Crippen molar-refractivity contribution in [3.8, 4) is 0 Å². The Kier molecular flexibility index (Phi) is 3.97. The number of hydrogen-bond donors (Lipinski definition) is 1. The first-order chi connectivity index (χ1) is 7.81. The number of rotatable bonds is 2. The highest BCUT2D eigenvalue weighted by atomic mass is 15.1. The van der Waals surface area contributed by atoms with Gasteiger partial charge in [-0.25, -0.2) is 0 Å². The second-order valence-electron chi connectivity index (χ2n) is 4.89. The molecule has 2 N–H and O–H groups in total. The highest BCUT2D eigenvalue weighted by Crippen LogP contribution is 2.32. The molecule has 0 aliphatic carbocycles. The molecule has 0 spiro atoms. The smallest absolute Gasteiger partial charge is 0.00158 e. The Morgan fingerprint density at radius 2 is 1.88 bits per heavy atom. The molecule has 0 radical (unpaired) electrons. The fourth-order valence-corrected chi connectivity index (χ4v) is 2.72. The summed E-state index contributed by atoms with van der Waals surface area (Å²) in [5.74, 6) is 1.29. The highest BCUT2D eigenvalue weighted by Gasteiger charge is 2.25. The molecule has 0 aromatic heterocycles. The van der Waals surface area contributed by atoms with Gasteiger partial charge in [0.15, 0.2) is 0 Å². The summed E-state index contributed by atoms with van der Waals surface area (Å²) in [6.45, 7) is 3.19. The maximum absolute atomic E-state index is 5.93. The van der Waals surface area contributed by atoms with E-state index in [0.29, 0.717) is 11.8 Å². The number of nitrogens with two attached hydrogens (primary N) is 1. The fourth-order valence-electron chi connectivity index (χ4n) is 2.72. The fraction of sp³-hybridized carbons (Fsp3) is 0.571. The number of likely N-dealkylation sites (tertiary alicyclic amines) is 1. The Hall–Kier alpha value is -0.860. The van der Waals surface area contributed by atoms with Gasteiger partial charge in [0.2, 0.25) is 0 Å². The quantitative estimate of drug-likeness (QED) is 0.823. The lowest BCUT2D eigenvalue weighted by molar-refractivity contribution is 0.342. The average molecular weight is 218 g/mol. The van der Waals surface area contributed by atoms with Crippen LogP contribution in [0.4, 0.5) is 0 Å². The van der Waals surface area contributed by atoms with Gasteiger partial charge in [0.05, 0.1) is 0 Å². The lowest BCUT2D eigenvalue weighted by atomic mass is 9.82. The molecule has 1 heterocycles. The zero-order valence-corrected chi connectivity index (χ0v) is 10.1. The lowest BCUT2D eigenvalue weighted by Crippen LogP contribution is -2.22. The molecule has 1 aromatic rings. The number of nitrogens with zero attached hydrogens (tertiary/aromatic N) is 1. The molecule has 1 aliphatic heterocycles. The maximum atomic E-state index is 5.93. The summed E-state index contributed by atoms with van der Waals surface area (Å²) in [6, 6.07) is 10.9. The van der Waals surface area contributed by atoms with Gasteiger partial charge in [0, 0.05) is 0 Å². The van der Waals surface area contributed by atoms with Gasteiger partial charge in [-0.05, 0) is 56.9 Å². The summed E-state index contributed by atoms with van der Waals surface area (Å²) in [5, 5.41) is 0. The zero-order chi connectivity index (χ0) is 11.4.